The van der Waals surface area contributed by atoms with Crippen molar-refractivity contribution in [2.24, 2.45) is 5.73 Å². The zero-order valence-corrected chi connectivity index (χ0v) is 14.7. The molecule has 0 spiro atoms. The van der Waals surface area contributed by atoms with Gasteiger partial charge in [-0.3, -0.25) is 0 Å². The number of nitriles is 1. The number of rotatable bonds is 4. The summed E-state index contributed by atoms with van der Waals surface area (Å²) in [4.78, 5) is 0.134. The smallest absolute Gasteiger partial charge is 0.184 e. The highest BCUT2D eigenvalue weighted by atomic mass is 35.5. The van der Waals surface area contributed by atoms with Crippen LogP contribution in [-0.2, 0) is 16.3 Å². The molecule has 2 aromatic carbocycles. The Bertz CT molecular complexity index is 902. The molecular weight excluding hydrogens is 344 g/mol. The molecule has 0 amide bonds. The number of nitrogens with two attached hydrogens (primary N) is 1. The largest absolute Gasteiger partial charge is 0.312 e. The number of hydrogen-bond donors (Lipinski definition) is 1. The summed E-state index contributed by atoms with van der Waals surface area (Å²) in [5.41, 5.74) is 6.64. The van der Waals surface area contributed by atoms with Crippen LogP contribution in [0.4, 0.5) is 0 Å². The van der Waals surface area contributed by atoms with Crippen molar-refractivity contribution >= 4 is 21.4 Å². The second kappa shape index (κ2) is 5.89. The van der Waals surface area contributed by atoms with E-state index in [1.54, 1.807) is 0 Å². The molecule has 2 N–H and O–H groups in total. The number of halogens is 1. The molecule has 1 fully saturated rings. The summed E-state index contributed by atoms with van der Waals surface area (Å²) in [5.74, 6) is -0.533. The predicted octanol–water partition coefficient (Wildman–Crippen LogP) is 3.06. The summed E-state index contributed by atoms with van der Waals surface area (Å²) < 4.78 is 25.8. The summed E-state index contributed by atoms with van der Waals surface area (Å²) in [6.07, 6.45) is 0.892. The molecule has 0 unspecified atom stereocenters. The van der Waals surface area contributed by atoms with Crippen LogP contribution >= 0.6 is 11.6 Å². The van der Waals surface area contributed by atoms with E-state index in [0.717, 1.165) is 17.5 Å². The highest BCUT2D eigenvalue weighted by Gasteiger charge is 2.70. The quantitative estimate of drug-likeness (QED) is 0.908. The summed E-state index contributed by atoms with van der Waals surface area (Å²) in [6, 6.07) is 15.5. The Morgan fingerprint density at radius 3 is 2.25 bits per heavy atom. The maximum Gasteiger partial charge on any atom is 0.184 e. The molecule has 0 saturated heterocycles. The van der Waals surface area contributed by atoms with Crippen LogP contribution in [0.25, 0.3) is 0 Å². The third-order valence-electron chi connectivity index (χ3n) is 4.60. The van der Waals surface area contributed by atoms with Crippen molar-refractivity contribution in [1.82, 2.24) is 0 Å². The van der Waals surface area contributed by atoms with Gasteiger partial charge in [0, 0.05) is 10.9 Å². The van der Waals surface area contributed by atoms with E-state index in [4.69, 9.17) is 17.3 Å². The first-order valence-electron chi connectivity index (χ1n) is 7.63. The normalized spacial score (nSPS) is 25.9. The summed E-state index contributed by atoms with van der Waals surface area (Å²) in [7, 11) is -3.72. The van der Waals surface area contributed by atoms with Crippen molar-refractivity contribution in [3.05, 3.63) is 64.7 Å². The molecule has 6 heteroatoms. The Balaban J connectivity index is 2.00. The summed E-state index contributed by atoms with van der Waals surface area (Å²) in [5, 5.41) is 8.96. The fourth-order valence-corrected chi connectivity index (χ4v) is 5.43. The van der Waals surface area contributed by atoms with Crippen LogP contribution in [0.5, 0.6) is 0 Å². The van der Waals surface area contributed by atoms with Crippen molar-refractivity contribution in [3.63, 3.8) is 0 Å². The van der Waals surface area contributed by atoms with E-state index in [0.29, 0.717) is 5.02 Å². The van der Waals surface area contributed by atoms with Gasteiger partial charge >= 0.3 is 0 Å². The van der Waals surface area contributed by atoms with Gasteiger partial charge in [-0.05, 0) is 41.8 Å². The molecule has 0 radical (unpaired) electrons. The van der Waals surface area contributed by atoms with E-state index in [1.165, 1.54) is 24.3 Å². The van der Waals surface area contributed by atoms with Crippen LogP contribution in [0, 0.1) is 11.3 Å². The lowest BCUT2D eigenvalue weighted by Crippen LogP contribution is -2.29. The third-order valence-corrected chi connectivity index (χ3v) is 7.11. The zero-order chi connectivity index (χ0) is 17.5. The van der Waals surface area contributed by atoms with Crippen LogP contribution in [-0.4, -0.2) is 19.2 Å². The van der Waals surface area contributed by atoms with Crippen LogP contribution in [0.15, 0.2) is 53.4 Å². The van der Waals surface area contributed by atoms with Gasteiger partial charge in [0.15, 0.2) is 9.84 Å². The summed E-state index contributed by atoms with van der Waals surface area (Å²) in [6.45, 7) is 2.04. The van der Waals surface area contributed by atoms with Crippen molar-refractivity contribution < 1.29 is 8.42 Å². The van der Waals surface area contributed by atoms with E-state index in [1.807, 2.05) is 37.3 Å². The lowest BCUT2D eigenvalue weighted by molar-refractivity contribution is 0.592. The van der Waals surface area contributed by atoms with Gasteiger partial charge in [0.05, 0.1) is 11.0 Å². The average molecular weight is 361 g/mol. The second-order valence-corrected chi connectivity index (χ2v) is 8.54. The zero-order valence-electron chi connectivity index (χ0n) is 13.1. The van der Waals surface area contributed by atoms with Gasteiger partial charge in [0.1, 0.15) is 10.8 Å². The van der Waals surface area contributed by atoms with Crippen LogP contribution in [0.1, 0.15) is 24.0 Å². The molecular formula is C18H17ClN2O2S. The molecule has 1 aliphatic carbocycles. The SMILES string of the molecule is CCc1ccc([C@@H]2[C@H](S(=O)(=O)c3ccc(Cl)cc3)[C@]2(N)C#N)cc1. The van der Waals surface area contributed by atoms with Gasteiger partial charge in [-0.15, -0.1) is 0 Å². The van der Waals surface area contributed by atoms with Gasteiger partial charge in [-0.25, -0.2) is 8.42 Å². The Labute approximate surface area is 146 Å². The molecule has 124 valence electrons. The van der Waals surface area contributed by atoms with Gasteiger partial charge in [-0.1, -0.05) is 42.8 Å². The molecule has 0 bridgehead atoms. The van der Waals surface area contributed by atoms with Crippen molar-refractivity contribution in [2.45, 2.75) is 34.9 Å². The maximum absolute atomic E-state index is 12.9. The Morgan fingerprint density at radius 1 is 1.17 bits per heavy atom. The first-order valence-corrected chi connectivity index (χ1v) is 9.55. The fourth-order valence-electron chi connectivity index (χ4n) is 3.13. The first-order chi connectivity index (χ1) is 11.3. The first kappa shape index (κ1) is 17.0. The molecule has 24 heavy (non-hydrogen) atoms. The minimum absolute atomic E-state index is 0.134. The molecule has 0 aromatic heterocycles. The molecule has 3 atom stereocenters. The third kappa shape index (κ3) is 2.61. The minimum Gasteiger partial charge on any atom is -0.312 e. The van der Waals surface area contributed by atoms with Gasteiger partial charge in [0.2, 0.25) is 0 Å². The molecule has 2 aromatic rings. The second-order valence-electron chi connectivity index (χ2n) is 6.04. The number of nitrogens with zero attached hydrogens (tertiary/aromatic N) is 1. The molecule has 1 aliphatic rings. The van der Waals surface area contributed by atoms with Gasteiger partial charge in [-0.2, -0.15) is 5.26 Å². The maximum atomic E-state index is 12.9. The van der Waals surface area contributed by atoms with Gasteiger partial charge < -0.3 is 5.73 Å². The Morgan fingerprint density at radius 2 is 1.75 bits per heavy atom. The minimum atomic E-state index is -3.72. The average Bonchev–Trinajstić information content (AvgIpc) is 3.23. The number of benzene rings is 2. The number of aryl methyl sites for hydroxylation is 1. The molecule has 0 aliphatic heterocycles. The van der Waals surface area contributed by atoms with E-state index < -0.39 is 26.5 Å². The van der Waals surface area contributed by atoms with Crippen molar-refractivity contribution in [2.75, 3.05) is 0 Å². The fraction of sp³-hybridized carbons (Fsp3) is 0.278. The van der Waals surface area contributed by atoms with Crippen LogP contribution < -0.4 is 5.73 Å². The predicted molar refractivity (Wildman–Crippen MR) is 93.5 cm³/mol. The van der Waals surface area contributed by atoms with Gasteiger partial charge in [0.25, 0.3) is 0 Å². The topological polar surface area (TPSA) is 83.9 Å². The number of sulfone groups is 1. The molecule has 3 rings (SSSR count). The van der Waals surface area contributed by atoms with Crippen molar-refractivity contribution in [3.8, 4) is 6.07 Å². The monoisotopic (exact) mass is 360 g/mol. The Hall–Kier alpha value is -1.87. The van der Waals surface area contributed by atoms with E-state index in [9.17, 15) is 13.7 Å². The standard InChI is InChI=1S/C18H17ClN2O2S/c1-2-12-3-5-13(6-4-12)16-17(18(16,21)11-20)24(22,23)15-9-7-14(19)8-10-15/h3-10,16-17H,2,21H2,1H3/t16-,17+,18+/m1/s1. The molecule has 1 saturated carbocycles. The van der Waals surface area contributed by atoms with Crippen LogP contribution in [0.2, 0.25) is 5.02 Å². The summed E-state index contributed by atoms with van der Waals surface area (Å²) >= 11 is 5.82. The molecule has 4 nitrogen and oxygen atoms in total. The van der Waals surface area contributed by atoms with E-state index in [-0.39, 0.29) is 4.90 Å². The van der Waals surface area contributed by atoms with Crippen LogP contribution in [0.3, 0.4) is 0 Å². The Kier molecular flexibility index (Phi) is 4.16. The highest BCUT2D eigenvalue weighted by Crippen LogP contribution is 2.55. The highest BCUT2D eigenvalue weighted by molar-refractivity contribution is 7.92. The lowest BCUT2D eigenvalue weighted by Gasteiger charge is -2.05. The molecule has 0 heterocycles. The number of hydrogen-bond acceptors (Lipinski definition) is 4. The van der Waals surface area contributed by atoms with Crippen molar-refractivity contribution in [1.29, 1.82) is 5.26 Å². The van der Waals surface area contributed by atoms with E-state index >= 15 is 0 Å². The lowest BCUT2D eigenvalue weighted by atomic mass is 10.0. The van der Waals surface area contributed by atoms with E-state index in [2.05, 4.69) is 0 Å².